The van der Waals surface area contributed by atoms with Gasteiger partial charge in [-0.15, -0.1) is 11.3 Å². The topological polar surface area (TPSA) is 15.3 Å². The molecule has 0 radical (unpaired) electrons. The van der Waals surface area contributed by atoms with Crippen molar-refractivity contribution in [3.8, 4) is 0 Å². The Morgan fingerprint density at radius 2 is 2.10 bits per heavy atom. The summed E-state index contributed by atoms with van der Waals surface area (Å²) < 4.78 is 0. The van der Waals surface area contributed by atoms with E-state index < -0.39 is 0 Å². The van der Waals surface area contributed by atoms with Crippen LogP contribution < -0.4 is 5.32 Å². The molecule has 1 fully saturated rings. The van der Waals surface area contributed by atoms with E-state index in [-0.39, 0.29) is 0 Å². The van der Waals surface area contributed by atoms with Crippen LogP contribution in [0.5, 0.6) is 0 Å². The van der Waals surface area contributed by atoms with E-state index in [2.05, 4.69) is 41.6 Å². The van der Waals surface area contributed by atoms with Crippen molar-refractivity contribution in [2.45, 2.75) is 71.0 Å². The highest BCUT2D eigenvalue weighted by atomic mass is 32.1. The summed E-state index contributed by atoms with van der Waals surface area (Å²) in [6, 6.07) is 5.84. The molecule has 2 rings (SSSR count). The maximum atomic E-state index is 3.75. The molecule has 20 heavy (non-hydrogen) atoms. The van der Waals surface area contributed by atoms with Crippen LogP contribution in [0.2, 0.25) is 0 Å². The zero-order valence-corrected chi connectivity index (χ0v) is 13.9. The van der Waals surface area contributed by atoms with E-state index in [1.54, 1.807) is 0 Å². The van der Waals surface area contributed by atoms with Crippen LogP contribution in [0.25, 0.3) is 0 Å². The second kappa shape index (κ2) is 8.81. The van der Waals surface area contributed by atoms with E-state index in [0.29, 0.717) is 6.04 Å². The van der Waals surface area contributed by atoms with Gasteiger partial charge in [0.1, 0.15) is 0 Å². The van der Waals surface area contributed by atoms with Crippen molar-refractivity contribution in [3.05, 3.63) is 22.4 Å². The molecule has 1 aliphatic carbocycles. The van der Waals surface area contributed by atoms with Crippen molar-refractivity contribution in [3.63, 3.8) is 0 Å². The van der Waals surface area contributed by atoms with Crippen molar-refractivity contribution in [2.75, 3.05) is 13.1 Å². The lowest BCUT2D eigenvalue weighted by Gasteiger charge is -2.27. The first kappa shape index (κ1) is 16.0. The highest BCUT2D eigenvalue weighted by Gasteiger charge is 2.13. The molecule has 0 spiro atoms. The Bertz CT molecular complexity index is 342. The average Bonchev–Trinajstić information content (AvgIpc) is 2.96. The molecule has 0 amide bonds. The minimum atomic E-state index is 0.631. The van der Waals surface area contributed by atoms with E-state index in [9.17, 15) is 0 Å². The second-order valence-electron chi connectivity index (χ2n) is 6.29. The fourth-order valence-electron chi connectivity index (χ4n) is 3.02. The minimum Gasteiger partial charge on any atom is -0.314 e. The molecule has 0 bridgehead atoms. The molecule has 1 aromatic rings. The lowest BCUT2D eigenvalue weighted by Crippen LogP contribution is -2.35. The van der Waals surface area contributed by atoms with Gasteiger partial charge in [0.05, 0.1) is 0 Å². The number of nitrogens with one attached hydrogen (secondary N) is 1. The summed E-state index contributed by atoms with van der Waals surface area (Å²) in [4.78, 5) is 4.08. The normalized spacial score (nSPS) is 17.2. The van der Waals surface area contributed by atoms with Crippen molar-refractivity contribution in [2.24, 2.45) is 0 Å². The molecule has 0 atom stereocenters. The van der Waals surface area contributed by atoms with Crippen molar-refractivity contribution in [1.82, 2.24) is 10.2 Å². The van der Waals surface area contributed by atoms with E-state index in [4.69, 9.17) is 0 Å². The van der Waals surface area contributed by atoms with Crippen LogP contribution in [0, 0.1) is 0 Å². The first-order valence-corrected chi connectivity index (χ1v) is 9.13. The number of rotatable bonds is 8. The molecule has 1 saturated carbocycles. The minimum absolute atomic E-state index is 0.631. The predicted octanol–water partition coefficient (Wildman–Crippen LogP) is 4.27. The van der Waals surface area contributed by atoms with Gasteiger partial charge < -0.3 is 5.32 Å². The molecule has 1 N–H and O–H groups in total. The summed E-state index contributed by atoms with van der Waals surface area (Å²) in [6.07, 6.45) is 8.34. The van der Waals surface area contributed by atoms with E-state index in [1.165, 1.54) is 56.5 Å². The Morgan fingerprint density at radius 1 is 1.30 bits per heavy atom. The number of hydrogen-bond donors (Lipinski definition) is 1. The third-order valence-corrected chi connectivity index (χ3v) is 5.19. The molecule has 0 aliphatic heterocycles. The van der Waals surface area contributed by atoms with E-state index in [0.717, 1.165) is 12.6 Å². The van der Waals surface area contributed by atoms with Gasteiger partial charge in [-0.05, 0) is 57.6 Å². The summed E-state index contributed by atoms with van der Waals surface area (Å²) in [5.41, 5.74) is 0. The number of nitrogens with zero attached hydrogens (tertiary/aromatic N) is 1. The van der Waals surface area contributed by atoms with Crippen molar-refractivity contribution >= 4 is 11.3 Å². The van der Waals surface area contributed by atoms with Crippen molar-refractivity contribution < 1.29 is 0 Å². The molecule has 1 heterocycles. The van der Waals surface area contributed by atoms with Gasteiger partial charge in [0.2, 0.25) is 0 Å². The van der Waals surface area contributed by atoms with Crippen LogP contribution in [-0.4, -0.2) is 30.1 Å². The highest BCUT2D eigenvalue weighted by Crippen LogP contribution is 2.17. The average molecular weight is 295 g/mol. The van der Waals surface area contributed by atoms with Crippen molar-refractivity contribution in [1.29, 1.82) is 0 Å². The van der Waals surface area contributed by atoms with Gasteiger partial charge in [0.15, 0.2) is 0 Å². The Balaban J connectivity index is 1.64. The molecule has 0 saturated heterocycles. The van der Waals surface area contributed by atoms with Crippen LogP contribution in [0.4, 0.5) is 0 Å². The van der Waals surface area contributed by atoms with E-state index in [1.807, 2.05) is 11.3 Å². The standard InChI is InChI=1S/C17H30N2S/c1-15(2)19(14-17-10-6-13-20-17)12-7-11-18-16-8-4-3-5-9-16/h6,10,13,15-16,18H,3-5,7-9,11-12,14H2,1-2H3. The number of thiophene rings is 1. The fourth-order valence-corrected chi connectivity index (χ4v) is 3.75. The van der Waals surface area contributed by atoms with Crippen LogP contribution in [0.15, 0.2) is 17.5 Å². The zero-order chi connectivity index (χ0) is 14.2. The molecule has 114 valence electrons. The molecule has 1 aromatic heterocycles. The van der Waals surface area contributed by atoms with Crippen LogP contribution in [0.3, 0.4) is 0 Å². The van der Waals surface area contributed by atoms with Crippen LogP contribution in [0.1, 0.15) is 57.2 Å². The summed E-state index contributed by atoms with van der Waals surface area (Å²) in [6.45, 7) is 8.11. The van der Waals surface area contributed by atoms with Gasteiger partial charge in [-0.3, -0.25) is 4.90 Å². The third-order valence-electron chi connectivity index (χ3n) is 4.33. The maximum Gasteiger partial charge on any atom is 0.0330 e. The van der Waals surface area contributed by atoms with Crippen LogP contribution >= 0.6 is 11.3 Å². The largest absolute Gasteiger partial charge is 0.314 e. The third kappa shape index (κ3) is 5.55. The SMILES string of the molecule is CC(C)N(CCCNC1CCCCC1)Cc1cccs1. The van der Waals surface area contributed by atoms with Gasteiger partial charge in [0.25, 0.3) is 0 Å². The quantitative estimate of drug-likeness (QED) is 0.720. The fraction of sp³-hybridized carbons (Fsp3) is 0.765. The Kier molecular flexibility index (Phi) is 7.05. The maximum absolute atomic E-state index is 3.75. The zero-order valence-electron chi connectivity index (χ0n) is 13.1. The molecular weight excluding hydrogens is 264 g/mol. The molecule has 2 nitrogen and oxygen atoms in total. The molecule has 3 heteroatoms. The summed E-state index contributed by atoms with van der Waals surface area (Å²) in [5, 5.41) is 5.93. The molecular formula is C17H30N2S. The second-order valence-corrected chi connectivity index (χ2v) is 7.32. The van der Waals surface area contributed by atoms with Gasteiger partial charge in [0, 0.05) is 23.5 Å². The molecule has 1 aliphatic rings. The summed E-state index contributed by atoms with van der Waals surface area (Å²) in [5.74, 6) is 0. The van der Waals surface area contributed by atoms with Crippen LogP contribution in [-0.2, 0) is 6.54 Å². The monoisotopic (exact) mass is 294 g/mol. The smallest absolute Gasteiger partial charge is 0.0330 e. The van der Waals surface area contributed by atoms with Gasteiger partial charge in [-0.1, -0.05) is 25.3 Å². The summed E-state index contributed by atoms with van der Waals surface area (Å²) >= 11 is 1.87. The van der Waals surface area contributed by atoms with Gasteiger partial charge in [-0.2, -0.15) is 0 Å². The molecule has 0 aromatic carbocycles. The molecule has 0 unspecified atom stereocenters. The highest BCUT2D eigenvalue weighted by molar-refractivity contribution is 7.09. The lowest BCUT2D eigenvalue weighted by atomic mass is 9.95. The Hall–Kier alpha value is -0.380. The first-order valence-electron chi connectivity index (χ1n) is 8.25. The van der Waals surface area contributed by atoms with Gasteiger partial charge in [-0.25, -0.2) is 0 Å². The first-order chi connectivity index (χ1) is 9.75. The lowest BCUT2D eigenvalue weighted by molar-refractivity contribution is 0.209. The predicted molar refractivity (Wildman–Crippen MR) is 89.4 cm³/mol. The number of hydrogen-bond acceptors (Lipinski definition) is 3. The Labute approximate surface area is 128 Å². The Morgan fingerprint density at radius 3 is 2.75 bits per heavy atom. The van der Waals surface area contributed by atoms with Gasteiger partial charge >= 0.3 is 0 Å². The summed E-state index contributed by atoms with van der Waals surface area (Å²) in [7, 11) is 0. The van der Waals surface area contributed by atoms with E-state index >= 15 is 0 Å².